The Morgan fingerprint density at radius 1 is 1.50 bits per heavy atom. The van der Waals surface area contributed by atoms with E-state index in [1.54, 1.807) is 7.05 Å². The average molecular weight is 253 g/mol. The number of rotatable bonds is 4. The number of ether oxygens (including phenoxy) is 2. The molecule has 2 unspecified atom stereocenters. The average Bonchev–Trinajstić information content (AvgIpc) is 2.86. The summed E-state index contributed by atoms with van der Waals surface area (Å²) in [4.78, 5) is 12.4. The molecule has 98 valence electrons. The van der Waals surface area contributed by atoms with Gasteiger partial charge in [-0.3, -0.25) is 4.79 Å². The predicted molar refractivity (Wildman–Crippen MR) is 64.4 cm³/mol. The van der Waals surface area contributed by atoms with Crippen LogP contribution in [0.25, 0.3) is 0 Å². The summed E-state index contributed by atoms with van der Waals surface area (Å²) < 4.78 is 23.6. The van der Waals surface area contributed by atoms with Gasteiger partial charge in [-0.2, -0.15) is 0 Å². The molecule has 0 bridgehead atoms. The van der Waals surface area contributed by atoms with Crippen molar-refractivity contribution in [3.8, 4) is 5.75 Å². The van der Waals surface area contributed by atoms with Crippen LogP contribution in [0.1, 0.15) is 10.4 Å². The molecule has 1 aromatic carbocycles. The van der Waals surface area contributed by atoms with Gasteiger partial charge in [0.1, 0.15) is 11.6 Å². The van der Waals surface area contributed by atoms with E-state index in [1.165, 1.54) is 25.3 Å². The van der Waals surface area contributed by atoms with Gasteiger partial charge in [-0.1, -0.05) is 0 Å². The molecule has 4 nitrogen and oxygen atoms in total. The van der Waals surface area contributed by atoms with Crippen molar-refractivity contribution >= 4 is 5.78 Å². The first-order valence-electron chi connectivity index (χ1n) is 5.80. The molecular formula is C13H16FNO3. The minimum atomic E-state index is -0.445. The van der Waals surface area contributed by atoms with E-state index < -0.39 is 5.82 Å². The summed E-state index contributed by atoms with van der Waals surface area (Å²) in [6.45, 7) is 0.842. The maximum Gasteiger partial charge on any atom is 0.173 e. The largest absolute Gasteiger partial charge is 0.496 e. The minimum Gasteiger partial charge on any atom is -0.496 e. The van der Waals surface area contributed by atoms with Crippen LogP contribution >= 0.6 is 0 Å². The lowest BCUT2D eigenvalue weighted by Gasteiger charge is -2.17. The Kier molecular flexibility index (Phi) is 3.93. The van der Waals surface area contributed by atoms with E-state index in [-0.39, 0.29) is 23.3 Å². The summed E-state index contributed by atoms with van der Waals surface area (Å²) in [5.74, 6) is -0.504. The summed E-state index contributed by atoms with van der Waals surface area (Å²) in [6, 6.07) is 3.92. The van der Waals surface area contributed by atoms with E-state index >= 15 is 0 Å². The Labute approximate surface area is 105 Å². The molecule has 1 aromatic rings. The Bertz CT molecular complexity index is 450. The number of Topliss-reactive ketones (excluding diaryl/α,β-unsaturated/α-hetero) is 1. The molecular weight excluding hydrogens is 237 g/mol. The van der Waals surface area contributed by atoms with Crippen molar-refractivity contribution in [2.75, 3.05) is 27.4 Å². The van der Waals surface area contributed by atoms with Crippen LogP contribution in [-0.2, 0) is 4.74 Å². The van der Waals surface area contributed by atoms with Gasteiger partial charge in [0.2, 0.25) is 0 Å². The number of carbonyl (C=O) groups excluding carboxylic acids is 1. The number of methoxy groups -OCH3 is 1. The minimum absolute atomic E-state index is 0.0366. The summed E-state index contributed by atoms with van der Waals surface area (Å²) in [7, 11) is 3.24. The van der Waals surface area contributed by atoms with Crippen molar-refractivity contribution in [3.63, 3.8) is 0 Å². The Balaban J connectivity index is 2.30. The van der Waals surface area contributed by atoms with E-state index in [0.29, 0.717) is 19.0 Å². The van der Waals surface area contributed by atoms with Crippen LogP contribution < -0.4 is 10.1 Å². The summed E-state index contributed by atoms with van der Waals surface area (Å²) in [5, 5.41) is 3.04. The van der Waals surface area contributed by atoms with Gasteiger partial charge in [0.15, 0.2) is 5.78 Å². The van der Waals surface area contributed by atoms with Crippen molar-refractivity contribution in [1.29, 1.82) is 0 Å². The lowest BCUT2D eigenvalue weighted by molar-refractivity contribution is 0.0889. The van der Waals surface area contributed by atoms with Crippen LogP contribution in [0, 0.1) is 11.7 Å². The lowest BCUT2D eigenvalue weighted by atomic mass is 9.93. The molecule has 1 aliphatic rings. The van der Waals surface area contributed by atoms with Gasteiger partial charge in [0, 0.05) is 6.04 Å². The number of benzene rings is 1. The second kappa shape index (κ2) is 5.46. The molecule has 1 fully saturated rings. The van der Waals surface area contributed by atoms with Gasteiger partial charge >= 0.3 is 0 Å². The molecule has 1 saturated heterocycles. The van der Waals surface area contributed by atoms with Gasteiger partial charge in [-0.05, 0) is 25.2 Å². The third-order valence-corrected chi connectivity index (χ3v) is 3.22. The fourth-order valence-electron chi connectivity index (χ4n) is 2.17. The molecule has 1 heterocycles. The van der Waals surface area contributed by atoms with E-state index in [2.05, 4.69) is 5.32 Å². The molecule has 0 aromatic heterocycles. The van der Waals surface area contributed by atoms with E-state index in [0.717, 1.165) is 0 Å². The van der Waals surface area contributed by atoms with Gasteiger partial charge < -0.3 is 14.8 Å². The number of carbonyl (C=O) groups is 1. The maximum absolute atomic E-state index is 13.3. The van der Waals surface area contributed by atoms with Crippen molar-refractivity contribution in [2.24, 2.45) is 5.92 Å². The Morgan fingerprint density at radius 3 is 2.94 bits per heavy atom. The maximum atomic E-state index is 13.3. The summed E-state index contributed by atoms with van der Waals surface area (Å²) in [5.41, 5.74) is 0.272. The topological polar surface area (TPSA) is 47.6 Å². The van der Waals surface area contributed by atoms with Crippen molar-refractivity contribution in [2.45, 2.75) is 6.04 Å². The van der Waals surface area contributed by atoms with Crippen molar-refractivity contribution < 1.29 is 18.7 Å². The molecule has 0 radical (unpaired) electrons. The fraction of sp³-hybridized carbons (Fsp3) is 0.462. The second-order valence-electron chi connectivity index (χ2n) is 4.25. The van der Waals surface area contributed by atoms with E-state index in [1.807, 2.05) is 0 Å². The Morgan fingerprint density at radius 2 is 2.28 bits per heavy atom. The molecule has 2 rings (SSSR count). The van der Waals surface area contributed by atoms with Crippen LogP contribution in [0.5, 0.6) is 5.75 Å². The molecule has 1 N–H and O–H groups in total. The van der Waals surface area contributed by atoms with Crippen LogP contribution in [-0.4, -0.2) is 39.2 Å². The highest BCUT2D eigenvalue weighted by Crippen LogP contribution is 2.26. The molecule has 18 heavy (non-hydrogen) atoms. The highest BCUT2D eigenvalue weighted by Gasteiger charge is 2.34. The quantitative estimate of drug-likeness (QED) is 0.820. The molecule has 1 aliphatic heterocycles. The zero-order valence-corrected chi connectivity index (χ0v) is 10.4. The smallest absolute Gasteiger partial charge is 0.173 e. The highest BCUT2D eigenvalue weighted by molar-refractivity contribution is 6.01. The molecule has 5 heteroatoms. The SMILES string of the molecule is CNC1COCC1C(=O)c1cc(F)ccc1OC. The first-order chi connectivity index (χ1) is 8.67. The molecule has 0 aliphatic carbocycles. The van der Waals surface area contributed by atoms with E-state index in [9.17, 15) is 9.18 Å². The van der Waals surface area contributed by atoms with Gasteiger partial charge in [0.25, 0.3) is 0 Å². The van der Waals surface area contributed by atoms with Gasteiger partial charge in [-0.25, -0.2) is 4.39 Å². The highest BCUT2D eigenvalue weighted by atomic mass is 19.1. The Hall–Kier alpha value is -1.46. The summed E-state index contributed by atoms with van der Waals surface area (Å²) in [6.07, 6.45) is 0. The first-order valence-corrected chi connectivity index (χ1v) is 5.80. The molecule has 0 spiro atoms. The number of likely N-dealkylation sites (N-methyl/N-ethyl adjacent to an activating group) is 1. The molecule has 2 atom stereocenters. The van der Waals surface area contributed by atoms with Crippen LogP contribution in [0.4, 0.5) is 4.39 Å². The van der Waals surface area contributed by atoms with Crippen LogP contribution in [0.2, 0.25) is 0 Å². The number of halogens is 1. The number of hydrogen-bond acceptors (Lipinski definition) is 4. The fourth-order valence-corrected chi connectivity index (χ4v) is 2.17. The number of nitrogens with one attached hydrogen (secondary N) is 1. The number of hydrogen-bond donors (Lipinski definition) is 1. The van der Waals surface area contributed by atoms with Gasteiger partial charge in [0.05, 0.1) is 31.8 Å². The monoisotopic (exact) mass is 253 g/mol. The zero-order valence-electron chi connectivity index (χ0n) is 10.4. The molecule has 0 saturated carbocycles. The third kappa shape index (κ3) is 2.37. The summed E-state index contributed by atoms with van der Waals surface area (Å²) >= 11 is 0. The van der Waals surface area contributed by atoms with Crippen LogP contribution in [0.15, 0.2) is 18.2 Å². The van der Waals surface area contributed by atoms with Crippen molar-refractivity contribution in [1.82, 2.24) is 5.32 Å². The molecule has 0 amide bonds. The third-order valence-electron chi connectivity index (χ3n) is 3.22. The van der Waals surface area contributed by atoms with Gasteiger partial charge in [-0.15, -0.1) is 0 Å². The number of ketones is 1. The lowest BCUT2D eigenvalue weighted by Crippen LogP contribution is -2.37. The normalized spacial score (nSPS) is 23.1. The van der Waals surface area contributed by atoms with Crippen LogP contribution in [0.3, 0.4) is 0 Å². The standard InChI is InChI=1S/C13H16FNO3/c1-15-11-7-18-6-10(11)13(16)9-5-8(14)3-4-12(9)17-2/h3-5,10-11,15H,6-7H2,1-2H3. The first kappa shape index (κ1) is 13.0. The van der Waals surface area contributed by atoms with Crippen molar-refractivity contribution in [3.05, 3.63) is 29.6 Å². The second-order valence-corrected chi connectivity index (χ2v) is 4.25. The predicted octanol–water partition coefficient (Wildman–Crippen LogP) is 1.25. The van der Waals surface area contributed by atoms with E-state index in [4.69, 9.17) is 9.47 Å². The zero-order chi connectivity index (χ0) is 13.1.